The van der Waals surface area contributed by atoms with E-state index in [9.17, 15) is 9.59 Å². The molecule has 0 N–H and O–H groups in total. The Labute approximate surface area is 81.8 Å². The van der Waals surface area contributed by atoms with Crippen LogP contribution in [0.15, 0.2) is 22.0 Å². The van der Waals surface area contributed by atoms with Gasteiger partial charge in [-0.3, -0.25) is 9.59 Å². The quantitative estimate of drug-likeness (QED) is 0.616. The number of rotatable bonds is 1. The summed E-state index contributed by atoms with van der Waals surface area (Å²) in [5, 5.41) is 0. The van der Waals surface area contributed by atoms with Crippen molar-refractivity contribution in [1.29, 1.82) is 0 Å². The summed E-state index contributed by atoms with van der Waals surface area (Å²) in [6.45, 7) is 0. The number of aromatic nitrogens is 2. The zero-order valence-electron chi connectivity index (χ0n) is 8.27. The molecule has 1 aromatic rings. The van der Waals surface area contributed by atoms with E-state index >= 15 is 0 Å². The first kappa shape index (κ1) is 9.24. The van der Waals surface area contributed by atoms with Crippen molar-refractivity contribution in [2.24, 2.45) is 7.05 Å². The maximum absolute atomic E-state index is 11.6. The van der Waals surface area contributed by atoms with Crippen molar-refractivity contribution >= 4 is 0 Å². The first-order valence-corrected chi connectivity index (χ1v) is 4.98. The second-order valence-electron chi connectivity index (χ2n) is 3.86. The van der Waals surface area contributed by atoms with E-state index in [0.717, 1.165) is 25.7 Å². The lowest BCUT2D eigenvalue weighted by Gasteiger charge is -2.12. The molecule has 14 heavy (non-hydrogen) atoms. The van der Waals surface area contributed by atoms with Gasteiger partial charge in [0.15, 0.2) is 0 Å². The molecular formula is C10H14N2O2. The second-order valence-corrected chi connectivity index (χ2v) is 3.86. The summed E-state index contributed by atoms with van der Waals surface area (Å²) < 4.78 is 2.92. The van der Waals surface area contributed by atoms with Crippen molar-refractivity contribution in [2.45, 2.75) is 31.7 Å². The maximum atomic E-state index is 11.6. The van der Waals surface area contributed by atoms with Gasteiger partial charge in [0.25, 0.3) is 0 Å². The molecule has 1 fully saturated rings. The summed E-state index contributed by atoms with van der Waals surface area (Å²) in [7, 11) is 1.60. The first-order valence-electron chi connectivity index (χ1n) is 4.98. The van der Waals surface area contributed by atoms with Crippen LogP contribution in [0.4, 0.5) is 0 Å². The Morgan fingerprint density at radius 3 is 2.43 bits per heavy atom. The van der Waals surface area contributed by atoms with E-state index in [-0.39, 0.29) is 11.6 Å². The fraction of sp³-hybridized carbons (Fsp3) is 0.600. The fourth-order valence-corrected chi connectivity index (χ4v) is 2.04. The van der Waals surface area contributed by atoms with Crippen LogP contribution in [0.5, 0.6) is 0 Å². The van der Waals surface area contributed by atoms with Crippen LogP contribution in [0.25, 0.3) is 0 Å². The molecule has 1 heterocycles. The van der Waals surface area contributed by atoms with Crippen molar-refractivity contribution in [3.63, 3.8) is 0 Å². The van der Waals surface area contributed by atoms with Crippen molar-refractivity contribution in [2.75, 3.05) is 0 Å². The van der Waals surface area contributed by atoms with Gasteiger partial charge in [0.05, 0.1) is 0 Å². The largest absolute Gasteiger partial charge is 0.316 e. The lowest BCUT2D eigenvalue weighted by Crippen LogP contribution is -2.40. The molecule has 76 valence electrons. The van der Waals surface area contributed by atoms with Gasteiger partial charge in [-0.1, -0.05) is 12.8 Å². The Kier molecular flexibility index (Phi) is 2.27. The highest BCUT2D eigenvalue weighted by molar-refractivity contribution is 4.89. The van der Waals surface area contributed by atoms with Crippen molar-refractivity contribution in [3.8, 4) is 0 Å². The minimum atomic E-state index is -0.431. The molecule has 0 aliphatic heterocycles. The van der Waals surface area contributed by atoms with Gasteiger partial charge < -0.3 is 9.13 Å². The minimum Gasteiger partial charge on any atom is -0.312 e. The normalized spacial score (nSPS) is 17.5. The summed E-state index contributed by atoms with van der Waals surface area (Å²) in [6, 6.07) is 0.247. The zero-order valence-corrected chi connectivity index (χ0v) is 8.27. The molecule has 1 aliphatic rings. The van der Waals surface area contributed by atoms with Gasteiger partial charge in [0.1, 0.15) is 0 Å². The third-order valence-corrected chi connectivity index (χ3v) is 2.91. The number of hydrogen-bond acceptors (Lipinski definition) is 2. The average Bonchev–Trinajstić information content (AvgIpc) is 2.67. The monoisotopic (exact) mass is 194 g/mol. The lowest BCUT2D eigenvalue weighted by atomic mass is 10.2. The third kappa shape index (κ3) is 1.41. The van der Waals surface area contributed by atoms with E-state index in [1.54, 1.807) is 24.0 Å². The topological polar surface area (TPSA) is 44.0 Å². The van der Waals surface area contributed by atoms with E-state index in [2.05, 4.69) is 0 Å². The smallest absolute Gasteiger partial charge is 0.312 e. The fourth-order valence-electron chi connectivity index (χ4n) is 2.04. The highest BCUT2D eigenvalue weighted by Crippen LogP contribution is 2.27. The third-order valence-electron chi connectivity index (χ3n) is 2.91. The van der Waals surface area contributed by atoms with Gasteiger partial charge in [-0.15, -0.1) is 0 Å². The van der Waals surface area contributed by atoms with Crippen molar-refractivity contribution in [1.82, 2.24) is 9.13 Å². The predicted molar refractivity (Wildman–Crippen MR) is 53.4 cm³/mol. The van der Waals surface area contributed by atoms with E-state index in [0.29, 0.717) is 0 Å². The van der Waals surface area contributed by atoms with Gasteiger partial charge in [-0.05, 0) is 12.8 Å². The summed E-state index contributed by atoms with van der Waals surface area (Å²) >= 11 is 0. The minimum absolute atomic E-state index is 0.247. The zero-order chi connectivity index (χ0) is 10.1. The predicted octanol–water partition coefficient (Wildman–Crippen LogP) is 0.662. The molecular weight excluding hydrogens is 180 g/mol. The van der Waals surface area contributed by atoms with Crippen LogP contribution in [0.2, 0.25) is 0 Å². The molecule has 0 bridgehead atoms. The SMILES string of the molecule is Cn1ccn(C2CCCC2)c(=O)c1=O. The van der Waals surface area contributed by atoms with Gasteiger partial charge >= 0.3 is 11.1 Å². The van der Waals surface area contributed by atoms with Crippen molar-refractivity contribution in [3.05, 3.63) is 33.1 Å². The van der Waals surface area contributed by atoms with Crippen LogP contribution in [-0.2, 0) is 7.05 Å². The Morgan fingerprint density at radius 1 is 1.14 bits per heavy atom. The average molecular weight is 194 g/mol. The van der Waals surface area contributed by atoms with Gasteiger partial charge in [0, 0.05) is 25.5 Å². The molecule has 0 aromatic carbocycles. The first-order chi connectivity index (χ1) is 6.70. The second kappa shape index (κ2) is 3.44. The molecule has 2 rings (SSSR count). The van der Waals surface area contributed by atoms with Crippen LogP contribution in [-0.4, -0.2) is 9.13 Å². The molecule has 1 aliphatic carbocycles. The molecule has 4 nitrogen and oxygen atoms in total. The molecule has 0 atom stereocenters. The summed E-state index contributed by atoms with van der Waals surface area (Å²) in [5.41, 5.74) is -0.818. The molecule has 0 amide bonds. The van der Waals surface area contributed by atoms with Gasteiger partial charge in [-0.25, -0.2) is 0 Å². The molecule has 1 saturated carbocycles. The molecule has 4 heteroatoms. The summed E-state index contributed by atoms with van der Waals surface area (Å²) in [5.74, 6) is 0. The maximum Gasteiger partial charge on any atom is 0.316 e. The van der Waals surface area contributed by atoms with Crippen LogP contribution >= 0.6 is 0 Å². The molecule has 0 saturated heterocycles. The summed E-state index contributed by atoms with van der Waals surface area (Å²) in [4.78, 5) is 23.0. The molecule has 0 spiro atoms. The van der Waals surface area contributed by atoms with Crippen LogP contribution in [0.3, 0.4) is 0 Å². The molecule has 0 radical (unpaired) electrons. The summed E-state index contributed by atoms with van der Waals surface area (Å²) in [6.07, 6.45) is 7.74. The highest BCUT2D eigenvalue weighted by Gasteiger charge is 2.18. The van der Waals surface area contributed by atoms with Crippen molar-refractivity contribution < 1.29 is 0 Å². The van der Waals surface area contributed by atoms with E-state index in [1.165, 1.54) is 4.57 Å². The van der Waals surface area contributed by atoms with Gasteiger partial charge in [0.2, 0.25) is 0 Å². The van der Waals surface area contributed by atoms with Gasteiger partial charge in [-0.2, -0.15) is 0 Å². The molecule has 1 aromatic heterocycles. The Bertz CT molecular complexity index is 438. The van der Waals surface area contributed by atoms with Crippen LogP contribution in [0.1, 0.15) is 31.7 Å². The Hall–Kier alpha value is -1.32. The number of nitrogens with zero attached hydrogens (tertiary/aromatic N) is 2. The Balaban J connectivity index is 2.49. The van der Waals surface area contributed by atoms with Crippen LogP contribution in [0, 0.1) is 0 Å². The number of hydrogen-bond donors (Lipinski definition) is 0. The highest BCUT2D eigenvalue weighted by atomic mass is 16.2. The number of aryl methyl sites for hydroxylation is 1. The Morgan fingerprint density at radius 2 is 1.79 bits per heavy atom. The van der Waals surface area contributed by atoms with E-state index < -0.39 is 5.56 Å². The van der Waals surface area contributed by atoms with E-state index in [4.69, 9.17) is 0 Å². The standard InChI is InChI=1S/C10H14N2O2/c1-11-6-7-12(10(14)9(11)13)8-4-2-3-5-8/h6-8H,2-5H2,1H3. The van der Waals surface area contributed by atoms with E-state index in [1.807, 2.05) is 0 Å². The molecule has 0 unspecified atom stereocenters. The van der Waals surface area contributed by atoms with Crippen LogP contribution < -0.4 is 11.1 Å². The lowest BCUT2D eigenvalue weighted by molar-refractivity contribution is 0.490.